The fourth-order valence-electron chi connectivity index (χ4n) is 1.48. The van der Waals surface area contributed by atoms with Crippen molar-refractivity contribution in [1.29, 1.82) is 0 Å². The Morgan fingerprint density at radius 3 is 1.64 bits per heavy atom. The van der Waals surface area contributed by atoms with Gasteiger partial charge in [0.05, 0.1) is 6.61 Å². The zero-order chi connectivity index (χ0) is 17.0. The molecule has 0 aliphatic carbocycles. The van der Waals surface area contributed by atoms with E-state index in [4.69, 9.17) is 4.55 Å². The smallest absolute Gasteiger partial charge is 0.323 e. The molecule has 0 aliphatic rings. The molecule has 0 atom stereocenters. The number of carbonyl (C=O) groups excluding carboxylic acids is 1. The van der Waals surface area contributed by atoms with E-state index in [2.05, 4.69) is 53.3 Å². The summed E-state index contributed by atoms with van der Waals surface area (Å²) in [5, 5.41) is 2.62. The third-order valence-corrected chi connectivity index (χ3v) is 2.86. The van der Waals surface area contributed by atoms with Crippen molar-refractivity contribution in [2.75, 3.05) is 12.4 Å². The molecule has 0 aliphatic heterocycles. The van der Waals surface area contributed by atoms with E-state index in [9.17, 15) is 13.2 Å². The molecule has 0 spiro atoms. The minimum Gasteiger partial charge on any atom is -0.465 e. The van der Waals surface area contributed by atoms with E-state index in [-0.39, 0.29) is 6.61 Å². The number of ether oxygens (including phenoxy) is 1. The maximum absolute atomic E-state index is 10.3. The van der Waals surface area contributed by atoms with Gasteiger partial charge in [-0.3, -0.25) is 9.35 Å². The molecule has 2 aromatic carbocycles. The van der Waals surface area contributed by atoms with Crippen LogP contribution in [-0.4, -0.2) is 31.3 Å². The SMILES string of the molecule is CC.CCOC(=O)CS(=O)(=O)O.c1ccc2ccccc2c1. The van der Waals surface area contributed by atoms with Crippen molar-refractivity contribution in [3.63, 3.8) is 0 Å². The van der Waals surface area contributed by atoms with Crippen LogP contribution in [0, 0.1) is 0 Å². The fourth-order valence-corrected chi connectivity index (χ4v) is 1.87. The average molecular weight is 326 g/mol. The molecule has 2 aromatic rings. The van der Waals surface area contributed by atoms with Crippen LogP contribution in [0.1, 0.15) is 20.8 Å². The lowest BCUT2D eigenvalue weighted by Gasteiger charge is -1.97. The summed E-state index contributed by atoms with van der Waals surface area (Å²) in [6.45, 7) is 5.65. The van der Waals surface area contributed by atoms with Crippen molar-refractivity contribution < 1.29 is 22.5 Å². The molecule has 2 rings (SSSR count). The lowest BCUT2D eigenvalue weighted by Crippen LogP contribution is -2.17. The molecule has 0 bridgehead atoms. The normalized spacial score (nSPS) is 9.82. The zero-order valence-corrected chi connectivity index (χ0v) is 13.8. The topological polar surface area (TPSA) is 80.7 Å². The molecule has 0 amide bonds. The quantitative estimate of drug-likeness (QED) is 0.691. The predicted octanol–water partition coefficient (Wildman–Crippen LogP) is 3.30. The summed E-state index contributed by atoms with van der Waals surface area (Å²) in [5.41, 5.74) is 0. The number of hydrogen-bond acceptors (Lipinski definition) is 4. The fraction of sp³-hybridized carbons (Fsp3) is 0.312. The molecule has 0 aromatic heterocycles. The van der Waals surface area contributed by atoms with Crippen molar-refractivity contribution in [3.8, 4) is 0 Å². The molecule has 0 radical (unpaired) electrons. The van der Waals surface area contributed by atoms with Crippen LogP contribution < -0.4 is 0 Å². The van der Waals surface area contributed by atoms with Crippen LogP contribution in [0.2, 0.25) is 0 Å². The van der Waals surface area contributed by atoms with E-state index in [1.54, 1.807) is 6.92 Å². The molecule has 122 valence electrons. The standard InChI is InChI=1S/C10H8.C4H8O5S.C2H6/c1-2-6-10-8-4-3-7-9(10)5-1;1-2-9-4(5)3-10(6,7)8;1-2/h1-8H;2-3H2,1H3,(H,6,7,8);1-2H3. The van der Waals surface area contributed by atoms with Gasteiger partial charge in [0.15, 0.2) is 5.75 Å². The second-order valence-corrected chi connectivity index (χ2v) is 5.33. The molecule has 1 N–H and O–H groups in total. The van der Waals surface area contributed by atoms with Crippen LogP contribution in [0.15, 0.2) is 48.5 Å². The van der Waals surface area contributed by atoms with Crippen LogP contribution in [0.3, 0.4) is 0 Å². The van der Waals surface area contributed by atoms with Gasteiger partial charge in [-0.25, -0.2) is 0 Å². The first-order valence-electron chi connectivity index (χ1n) is 6.97. The lowest BCUT2D eigenvalue weighted by molar-refractivity contribution is -0.140. The van der Waals surface area contributed by atoms with Crippen LogP contribution in [0.5, 0.6) is 0 Å². The van der Waals surface area contributed by atoms with Gasteiger partial charge in [0.2, 0.25) is 0 Å². The first kappa shape index (κ1) is 20.1. The molecule has 5 nitrogen and oxygen atoms in total. The van der Waals surface area contributed by atoms with Gasteiger partial charge in [-0.15, -0.1) is 0 Å². The summed E-state index contributed by atoms with van der Waals surface area (Å²) in [7, 11) is -4.22. The highest BCUT2D eigenvalue weighted by Crippen LogP contribution is 2.11. The van der Waals surface area contributed by atoms with Crippen molar-refractivity contribution in [2.24, 2.45) is 0 Å². The first-order valence-corrected chi connectivity index (χ1v) is 8.58. The molecule has 6 heteroatoms. The Bertz CT molecular complexity index is 600. The van der Waals surface area contributed by atoms with Gasteiger partial charge in [0.1, 0.15) is 0 Å². The van der Waals surface area contributed by atoms with Gasteiger partial charge in [-0.2, -0.15) is 8.42 Å². The molecule has 0 heterocycles. The molecule has 22 heavy (non-hydrogen) atoms. The van der Waals surface area contributed by atoms with Gasteiger partial charge in [-0.05, 0) is 17.7 Å². The summed E-state index contributed by atoms with van der Waals surface area (Å²) in [6.07, 6.45) is 0. The Kier molecular flexibility index (Phi) is 9.82. The number of rotatable bonds is 3. The van der Waals surface area contributed by atoms with Crippen molar-refractivity contribution in [1.82, 2.24) is 0 Å². The van der Waals surface area contributed by atoms with Crippen molar-refractivity contribution in [2.45, 2.75) is 20.8 Å². The highest BCUT2D eigenvalue weighted by molar-refractivity contribution is 7.86. The third-order valence-electron chi connectivity index (χ3n) is 2.26. The molecule has 0 saturated carbocycles. The number of hydrogen-bond donors (Lipinski definition) is 1. The average Bonchev–Trinajstić information content (AvgIpc) is 2.48. The van der Waals surface area contributed by atoms with E-state index in [0.717, 1.165) is 0 Å². The maximum Gasteiger partial charge on any atom is 0.323 e. The number of fused-ring (bicyclic) bond motifs is 1. The van der Waals surface area contributed by atoms with Gasteiger partial charge in [0, 0.05) is 0 Å². The van der Waals surface area contributed by atoms with Crippen LogP contribution >= 0.6 is 0 Å². The highest BCUT2D eigenvalue weighted by Gasteiger charge is 2.12. The van der Waals surface area contributed by atoms with E-state index in [1.165, 1.54) is 10.8 Å². The second-order valence-electron chi connectivity index (χ2n) is 3.88. The van der Waals surface area contributed by atoms with Crippen LogP contribution in [0.25, 0.3) is 10.8 Å². The number of benzene rings is 2. The first-order chi connectivity index (χ1) is 10.4. The summed E-state index contributed by atoms with van der Waals surface area (Å²) < 4.78 is 32.3. The summed E-state index contributed by atoms with van der Waals surface area (Å²) in [6, 6.07) is 16.7. The Hall–Kier alpha value is -1.92. The lowest BCUT2D eigenvalue weighted by atomic mass is 10.1. The molecule has 0 unspecified atom stereocenters. The monoisotopic (exact) mass is 326 g/mol. The highest BCUT2D eigenvalue weighted by atomic mass is 32.2. The summed E-state index contributed by atoms with van der Waals surface area (Å²) in [5.74, 6) is -1.91. The van der Waals surface area contributed by atoms with E-state index in [1.807, 2.05) is 13.8 Å². The van der Waals surface area contributed by atoms with Gasteiger partial charge < -0.3 is 4.74 Å². The minimum absolute atomic E-state index is 0.106. The van der Waals surface area contributed by atoms with Gasteiger partial charge >= 0.3 is 5.97 Å². The van der Waals surface area contributed by atoms with E-state index >= 15 is 0 Å². The molecular formula is C16H22O5S. The van der Waals surface area contributed by atoms with Gasteiger partial charge in [-0.1, -0.05) is 62.4 Å². The van der Waals surface area contributed by atoms with E-state index in [0.29, 0.717) is 0 Å². The second kappa shape index (κ2) is 10.8. The van der Waals surface area contributed by atoms with Crippen LogP contribution in [0.4, 0.5) is 0 Å². The maximum atomic E-state index is 10.3. The Balaban J connectivity index is 0.000000360. The minimum atomic E-state index is -4.22. The third kappa shape index (κ3) is 9.10. The zero-order valence-electron chi connectivity index (χ0n) is 13.0. The van der Waals surface area contributed by atoms with Crippen molar-refractivity contribution in [3.05, 3.63) is 48.5 Å². The Labute approximate surface area is 131 Å². The molecule has 0 fully saturated rings. The predicted molar refractivity (Wildman–Crippen MR) is 88.3 cm³/mol. The van der Waals surface area contributed by atoms with Crippen molar-refractivity contribution >= 4 is 26.9 Å². The van der Waals surface area contributed by atoms with E-state index < -0.39 is 21.8 Å². The molecule has 0 saturated heterocycles. The number of esters is 1. The summed E-state index contributed by atoms with van der Waals surface area (Å²) in [4.78, 5) is 10.3. The van der Waals surface area contributed by atoms with Gasteiger partial charge in [0.25, 0.3) is 10.1 Å². The van der Waals surface area contributed by atoms with Crippen LogP contribution in [-0.2, 0) is 19.6 Å². The Morgan fingerprint density at radius 1 is 1.00 bits per heavy atom. The largest absolute Gasteiger partial charge is 0.465 e. The summed E-state index contributed by atoms with van der Waals surface area (Å²) >= 11 is 0. The molecular weight excluding hydrogens is 304 g/mol. The number of carbonyl (C=O) groups is 1. The Morgan fingerprint density at radius 2 is 1.36 bits per heavy atom.